The molecule has 98 valence electrons. The number of aromatic amines is 1. The van der Waals surface area contributed by atoms with Gasteiger partial charge in [0.1, 0.15) is 17.3 Å². The SMILES string of the molecule is NC(=O)c1n[nH]nc1-c1cc(F)cc2c1OCCC2. The molecule has 3 rings (SSSR count). The Morgan fingerprint density at radius 3 is 3.05 bits per heavy atom. The van der Waals surface area contributed by atoms with Gasteiger partial charge >= 0.3 is 0 Å². The number of halogens is 1. The van der Waals surface area contributed by atoms with Crippen LogP contribution in [-0.4, -0.2) is 27.9 Å². The van der Waals surface area contributed by atoms with Gasteiger partial charge in [0, 0.05) is 5.56 Å². The Bertz CT molecular complexity index is 653. The molecular weight excluding hydrogens is 251 g/mol. The molecule has 0 bridgehead atoms. The molecule has 19 heavy (non-hydrogen) atoms. The third-order valence-corrected chi connectivity index (χ3v) is 3.00. The highest BCUT2D eigenvalue weighted by molar-refractivity contribution is 5.97. The van der Waals surface area contributed by atoms with Crippen LogP contribution in [0, 0.1) is 5.82 Å². The van der Waals surface area contributed by atoms with Crippen LogP contribution >= 0.6 is 0 Å². The van der Waals surface area contributed by atoms with E-state index in [0.717, 1.165) is 18.4 Å². The average Bonchev–Trinajstić information content (AvgIpc) is 2.86. The molecule has 0 unspecified atom stereocenters. The van der Waals surface area contributed by atoms with Crippen LogP contribution in [0.1, 0.15) is 22.5 Å². The van der Waals surface area contributed by atoms with Gasteiger partial charge in [-0.2, -0.15) is 15.4 Å². The number of H-pyrrole nitrogens is 1. The number of carbonyl (C=O) groups excluding carboxylic acids is 1. The maximum atomic E-state index is 13.6. The maximum Gasteiger partial charge on any atom is 0.271 e. The molecule has 0 atom stereocenters. The molecule has 0 radical (unpaired) electrons. The minimum Gasteiger partial charge on any atom is -0.493 e. The zero-order valence-electron chi connectivity index (χ0n) is 9.94. The number of aryl methyl sites for hydroxylation is 1. The summed E-state index contributed by atoms with van der Waals surface area (Å²) in [5.41, 5.74) is 6.57. The van der Waals surface area contributed by atoms with E-state index in [1.807, 2.05) is 0 Å². The number of hydrogen-bond donors (Lipinski definition) is 2. The number of carbonyl (C=O) groups is 1. The van der Waals surface area contributed by atoms with Crippen molar-refractivity contribution >= 4 is 5.91 Å². The quantitative estimate of drug-likeness (QED) is 0.845. The fraction of sp³-hybridized carbons (Fsp3) is 0.250. The van der Waals surface area contributed by atoms with Crippen LogP contribution in [0.25, 0.3) is 11.3 Å². The molecule has 7 heteroatoms. The number of ether oxygens (including phenoxy) is 1. The molecule has 0 saturated heterocycles. The van der Waals surface area contributed by atoms with Crippen LogP contribution in [0.2, 0.25) is 0 Å². The van der Waals surface area contributed by atoms with Crippen LogP contribution in [-0.2, 0) is 6.42 Å². The minimum absolute atomic E-state index is 0.0260. The number of nitrogens with zero attached hydrogens (tertiary/aromatic N) is 2. The van der Waals surface area contributed by atoms with Gasteiger partial charge in [-0.05, 0) is 30.5 Å². The smallest absolute Gasteiger partial charge is 0.271 e. The van der Waals surface area contributed by atoms with E-state index in [1.165, 1.54) is 12.1 Å². The third kappa shape index (κ3) is 1.92. The van der Waals surface area contributed by atoms with Crippen LogP contribution in [0.5, 0.6) is 5.75 Å². The van der Waals surface area contributed by atoms with Crippen molar-refractivity contribution < 1.29 is 13.9 Å². The van der Waals surface area contributed by atoms with Crippen molar-refractivity contribution in [3.63, 3.8) is 0 Å². The number of benzene rings is 1. The monoisotopic (exact) mass is 262 g/mol. The predicted molar refractivity (Wildman–Crippen MR) is 64.1 cm³/mol. The Labute approximate surface area is 107 Å². The number of aromatic nitrogens is 3. The van der Waals surface area contributed by atoms with Crippen molar-refractivity contribution in [1.29, 1.82) is 0 Å². The zero-order valence-corrected chi connectivity index (χ0v) is 9.94. The van der Waals surface area contributed by atoms with Crippen molar-refractivity contribution in [2.45, 2.75) is 12.8 Å². The molecule has 1 aromatic heterocycles. The van der Waals surface area contributed by atoms with Crippen molar-refractivity contribution in [1.82, 2.24) is 15.4 Å². The molecule has 1 aromatic carbocycles. The van der Waals surface area contributed by atoms with E-state index in [2.05, 4.69) is 15.4 Å². The Morgan fingerprint density at radius 1 is 1.42 bits per heavy atom. The number of fused-ring (bicyclic) bond motifs is 1. The summed E-state index contributed by atoms with van der Waals surface area (Å²) in [7, 11) is 0. The standard InChI is InChI=1S/C12H11FN4O2/c13-7-4-6-2-1-3-19-11(6)8(5-7)9-10(12(14)18)16-17-15-9/h4-5H,1-3H2,(H2,14,18)(H,15,16,17). The molecule has 3 N–H and O–H groups in total. The number of hydrogen-bond acceptors (Lipinski definition) is 4. The molecule has 6 nitrogen and oxygen atoms in total. The first-order valence-corrected chi connectivity index (χ1v) is 5.83. The molecule has 2 heterocycles. The highest BCUT2D eigenvalue weighted by Gasteiger charge is 2.23. The summed E-state index contributed by atoms with van der Waals surface area (Å²) in [4.78, 5) is 11.3. The number of primary amides is 1. The van der Waals surface area contributed by atoms with Gasteiger partial charge in [0.25, 0.3) is 5.91 Å². The lowest BCUT2D eigenvalue weighted by Crippen LogP contribution is -2.14. The normalized spacial score (nSPS) is 13.7. The van der Waals surface area contributed by atoms with Gasteiger partial charge in [0.2, 0.25) is 0 Å². The van der Waals surface area contributed by atoms with Gasteiger partial charge in [-0.3, -0.25) is 4.79 Å². The molecular formula is C12H11FN4O2. The first-order chi connectivity index (χ1) is 9.16. The van der Waals surface area contributed by atoms with Crippen LogP contribution in [0.15, 0.2) is 12.1 Å². The van der Waals surface area contributed by atoms with Gasteiger partial charge in [0.15, 0.2) is 5.69 Å². The molecule has 1 aliphatic heterocycles. The molecule has 1 aliphatic rings. The van der Waals surface area contributed by atoms with Crippen molar-refractivity contribution in [3.05, 3.63) is 29.2 Å². The lowest BCUT2D eigenvalue weighted by molar-refractivity contribution is 0.0996. The molecule has 0 aliphatic carbocycles. The molecule has 0 fully saturated rings. The number of rotatable bonds is 2. The average molecular weight is 262 g/mol. The van der Waals surface area contributed by atoms with E-state index in [1.54, 1.807) is 0 Å². The van der Waals surface area contributed by atoms with E-state index in [9.17, 15) is 9.18 Å². The van der Waals surface area contributed by atoms with Gasteiger partial charge in [0.05, 0.1) is 6.61 Å². The Hall–Kier alpha value is -2.44. The highest BCUT2D eigenvalue weighted by atomic mass is 19.1. The summed E-state index contributed by atoms with van der Waals surface area (Å²) < 4.78 is 19.2. The zero-order chi connectivity index (χ0) is 13.4. The van der Waals surface area contributed by atoms with Crippen LogP contribution in [0.3, 0.4) is 0 Å². The van der Waals surface area contributed by atoms with Gasteiger partial charge in [-0.25, -0.2) is 4.39 Å². The summed E-state index contributed by atoms with van der Waals surface area (Å²) in [5.74, 6) is -0.584. The van der Waals surface area contributed by atoms with Crippen LogP contribution in [0.4, 0.5) is 4.39 Å². The van der Waals surface area contributed by atoms with Crippen molar-refractivity contribution in [3.8, 4) is 17.0 Å². The predicted octanol–water partition coefficient (Wildman–Crippen LogP) is 1.03. The summed E-state index contributed by atoms with van der Waals surface area (Å²) in [5, 5.41) is 9.88. The summed E-state index contributed by atoms with van der Waals surface area (Å²) >= 11 is 0. The number of nitrogens with one attached hydrogen (secondary N) is 1. The fourth-order valence-corrected chi connectivity index (χ4v) is 2.21. The van der Waals surface area contributed by atoms with Gasteiger partial charge in [-0.1, -0.05) is 0 Å². The van der Waals surface area contributed by atoms with E-state index in [-0.39, 0.29) is 11.4 Å². The number of amides is 1. The van der Waals surface area contributed by atoms with E-state index in [4.69, 9.17) is 10.5 Å². The molecule has 0 saturated carbocycles. The van der Waals surface area contributed by atoms with Crippen molar-refractivity contribution in [2.75, 3.05) is 6.61 Å². The highest BCUT2D eigenvalue weighted by Crippen LogP contribution is 2.37. The minimum atomic E-state index is -0.724. The Kier molecular flexibility index (Phi) is 2.66. The van der Waals surface area contributed by atoms with E-state index < -0.39 is 11.7 Å². The van der Waals surface area contributed by atoms with Gasteiger partial charge in [-0.15, -0.1) is 0 Å². The second kappa shape index (κ2) is 4.34. The van der Waals surface area contributed by atoms with Gasteiger partial charge < -0.3 is 10.5 Å². The number of nitrogens with two attached hydrogens (primary N) is 1. The second-order valence-corrected chi connectivity index (χ2v) is 4.28. The maximum absolute atomic E-state index is 13.6. The van der Waals surface area contributed by atoms with E-state index in [0.29, 0.717) is 17.9 Å². The summed E-state index contributed by atoms with van der Waals surface area (Å²) in [6.07, 6.45) is 1.56. The first-order valence-electron chi connectivity index (χ1n) is 5.83. The van der Waals surface area contributed by atoms with Crippen molar-refractivity contribution in [2.24, 2.45) is 5.73 Å². The molecule has 1 amide bonds. The lowest BCUT2D eigenvalue weighted by atomic mass is 9.99. The fourth-order valence-electron chi connectivity index (χ4n) is 2.21. The van der Waals surface area contributed by atoms with Crippen LogP contribution < -0.4 is 10.5 Å². The third-order valence-electron chi connectivity index (χ3n) is 3.00. The summed E-state index contributed by atoms with van der Waals surface area (Å²) in [6.45, 7) is 0.551. The lowest BCUT2D eigenvalue weighted by Gasteiger charge is -2.19. The topological polar surface area (TPSA) is 93.9 Å². The Balaban J connectivity index is 2.22. The largest absolute Gasteiger partial charge is 0.493 e. The molecule has 2 aromatic rings. The summed E-state index contributed by atoms with van der Waals surface area (Å²) in [6, 6.07) is 2.70. The Morgan fingerprint density at radius 2 is 2.26 bits per heavy atom. The van der Waals surface area contributed by atoms with E-state index >= 15 is 0 Å². The second-order valence-electron chi connectivity index (χ2n) is 4.28. The molecule has 0 spiro atoms. The first kappa shape index (κ1) is 11.6.